The maximum Gasteiger partial charge on any atom is 0.329 e. The fraction of sp³-hybridized carbons (Fsp3) is 0.316. The summed E-state index contributed by atoms with van der Waals surface area (Å²) in [6.45, 7) is 0.852. The van der Waals surface area contributed by atoms with Gasteiger partial charge in [-0.3, -0.25) is 19.3 Å². The van der Waals surface area contributed by atoms with Crippen molar-refractivity contribution in [2.24, 2.45) is 0 Å². The van der Waals surface area contributed by atoms with Crippen molar-refractivity contribution in [3.63, 3.8) is 0 Å². The molecule has 7 nitrogen and oxygen atoms in total. The van der Waals surface area contributed by atoms with Gasteiger partial charge in [-0.15, -0.1) is 0 Å². The molecule has 2 amide bonds. The highest BCUT2D eigenvalue weighted by Crippen LogP contribution is 2.29. The summed E-state index contributed by atoms with van der Waals surface area (Å²) in [5.74, 6) is -1.45. The highest BCUT2D eigenvalue weighted by atomic mass is 32.1. The summed E-state index contributed by atoms with van der Waals surface area (Å²) in [5.41, 5.74) is 1.68. The first-order valence-corrected chi connectivity index (χ1v) is 9.35. The van der Waals surface area contributed by atoms with Gasteiger partial charge >= 0.3 is 5.97 Å². The zero-order chi connectivity index (χ0) is 19.4. The van der Waals surface area contributed by atoms with Crippen LogP contribution in [0.2, 0.25) is 0 Å². The van der Waals surface area contributed by atoms with Gasteiger partial charge in [0.15, 0.2) is 6.23 Å². The molecule has 1 fully saturated rings. The standard InChI is InChI=1S/C19H20N2O5S/c1-13(22)26-20-11-17(23)21(19(25-2)15-6-4-3-5-7-15)16(18(20)24)10-14-8-9-27-12-14/h3-9,12,16,19H,10-11H2,1-2H3. The molecule has 2 unspecified atom stereocenters. The van der Waals surface area contributed by atoms with Crippen LogP contribution in [0.25, 0.3) is 0 Å². The SMILES string of the molecule is COC(c1ccccc1)N1C(=O)CN(OC(C)=O)C(=O)C1Cc1ccsc1. The molecule has 1 aromatic carbocycles. The summed E-state index contributed by atoms with van der Waals surface area (Å²) in [7, 11) is 1.50. The van der Waals surface area contributed by atoms with Gasteiger partial charge in [-0.05, 0) is 22.4 Å². The van der Waals surface area contributed by atoms with Gasteiger partial charge in [0, 0.05) is 26.0 Å². The Balaban J connectivity index is 1.96. The number of carbonyl (C=O) groups is 3. The number of methoxy groups -OCH3 is 1. The van der Waals surface area contributed by atoms with E-state index in [1.165, 1.54) is 30.3 Å². The fourth-order valence-electron chi connectivity index (χ4n) is 3.11. The molecular weight excluding hydrogens is 368 g/mol. The van der Waals surface area contributed by atoms with Crippen LogP contribution < -0.4 is 0 Å². The molecule has 0 radical (unpaired) electrons. The van der Waals surface area contributed by atoms with Crippen LogP contribution >= 0.6 is 11.3 Å². The van der Waals surface area contributed by atoms with Crippen molar-refractivity contribution < 1.29 is 24.0 Å². The Hall–Kier alpha value is -2.71. The lowest BCUT2D eigenvalue weighted by Gasteiger charge is -2.42. The first-order valence-electron chi connectivity index (χ1n) is 8.41. The maximum absolute atomic E-state index is 13.0. The maximum atomic E-state index is 13.0. The minimum atomic E-state index is -0.842. The molecule has 8 heteroatoms. The van der Waals surface area contributed by atoms with Crippen molar-refractivity contribution in [3.05, 3.63) is 58.3 Å². The number of benzene rings is 1. The lowest BCUT2D eigenvalue weighted by molar-refractivity contribution is -0.214. The third-order valence-corrected chi connectivity index (χ3v) is 4.97. The van der Waals surface area contributed by atoms with Crippen LogP contribution in [-0.4, -0.2) is 47.4 Å². The monoisotopic (exact) mass is 388 g/mol. The largest absolute Gasteiger partial charge is 0.357 e. The Bertz CT molecular complexity index is 809. The van der Waals surface area contributed by atoms with Crippen molar-refractivity contribution in [1.82, 2.24) is 9.96 Å². The van der Waals surface area contributed by atoms with E-state index in [1.807, 2.05) is 47.2 Å². The Labute approximate surface area is 161 Å². The summed E-state index contributed by atoms with van der Waals surface area (Å²) in [6, 6.07) is 10.3. The normalized spacial score (nSPS) is 18.5. The van der Waals surface area contributed by atoms with Crippen LogP contribution in [-0.2, 0) is 30.4 Å². The van der Waals surface area contributed by atoms with E-state index in [2.05, 4.69) is 0 Å². The van der Waals surface area contributed by atoms with Crippen LogP contribution in [0.1, 0.15) is 24.3 Å². The van der Waals surface area contributed by atoms with E-state index < -0.39 is 24.1 Å². The van der Waals surface area contributed by atoms with Crippen molar-refractivity contribution in [1.29, 1.82) is 0 Å². The van der Waals surface area contributed by atoms with Crippen LogP contribution in [0, 0.1) is 0 Å². The molecule has 0 N–H and O–H groups in total. The second kappa shape index (κ2) is 8.32. The number of rotatable bonds is 6. The van der Waals surface area contributed by atoms with Crippen molar-refractivity contribution in [2.75, 3.05) is 13.7 Å². The molecule has 3 rings (SSSR count). The summed E-state index contributed by atoms with van der Waals surface area (Å²) < 4.78 is 5.59. The molecule has 142 valence electrons. The van der Waals surface area contributed by atoms with Gasteiger partial charge in [-0.2, -0.15) is 16.4 Å². The molecule has 0 aliphatic carbocycles. The third kappa shape index (κ3) is 4.17. The molecular formula is C19H20N2O5S. The smallest absolute Gasteiger partial charge is 0.329 e. The van der Waals surface area contributed by atoms with E-state index in [0.717, 1.165) is 16.2 Å². The minimum absolute atomic E-state index is 0.304. The minimum Gasteiger partial charge on any atom is -0.357 e. The van der Waals surface area contributed by atoms with Crippen LogP contribution in [0.3, 0.4) is 0 Å². The van der Waals surface area contributed by atoms with Crippen LogP contribution in [0.15, 0.2) is 47.2 Å². The Kier molecular flexibility index (Phi) is 5.88. The molecule has 0 spiro atoms. The molecule has 1 aliphatic rings. The van der Waals surface area contributed by atoms with Gasteiger partial charge in [-0.25, -0.2) is 0 Å². The van der Waals surface area contributed by atoms with Gasteiger partial charge in [0.25, 0.3) is 5.91 Å². The third-order valence-electron chi connectivity index (χ3n) is 4.24. The second-order valence-electron chi connectivity index (χ2n) is 6.11. The van der Waals surface area contributed by atoms with E-state index in [4.69, 9.17) is 9.57 Å². The predicted octanol–water partition coefficient (Wildman–Crippen LogP) is 2.15. The summed E-state index contributed by atoms with van der Waals surface area (Å²) in [5, 5.41) is 4.67. The summed E-state index contributed by atoms with van der Waals surface area (Å²) >= 11 is 1.51. The van der Waals surface area contributed by atoms with E-state index in [9.17, 15) is 14.4 Å². The highest BCUT2D eigenvalue weighted by molar-refractivity contribution is 7.07. The number of piperazine rings is 1. The Morgan fingerprint density at radius 3 is 2.59 bits per heavy atom. The zero-order valence-electron chi connectivity index (χ0n) is 15.0. The average molecular weight is 388 g/mol. The zero-order valence-corrected chi connectivity index (χ0v) is 15.8. The number of carbonyl (C=O) groups excluding carboxylic acids is 3. The molecule has 1 saturated heterocycles. The lowest BCUT2D eigenvalue weighted by Crippen LogP contribution is -2.61. The molecule has 0 saturated carbocycles. The number of nitrogens with zero attached hydrogens (tertiary/aromatic N) is 2. The van der Waals surface area contributed by atoms with E-state index in [0.29, 0.717) is 6.42 Å². The molecule has 2 aromatic rings. The molecule has 1 aliphatic heterocycles. The quantitative estimate of drug-likeness (QED) is 0.758. The van der Waals surface area contributed by atoms with Crippen LogP contribution in [0.5, 0.6) is 0 Å². The first-order chi connectivity index (χ1) is 13.0. The number of thiophene rings is 1. The van der Waals surface area contributed by atoms with Gasteiger partial charge < -0.3 is 9.57 Å². The topological polar surface area (TPSA) is 76.2 Å². The number of hydrogen-bond acceptors (Lipinski definition) is 6. The van der Waals surface area contributed by atoms with Gasteiger partial charge in [-0.1, -0.05) is 30.3 Å². The van der Waals surface area contributed by atoms with Crippen molar-refractivity contribution in [2.45, 2.75) is 25.6 Å². The molecule has 27 heavy (non-hydrogen) atoms. The van der Waals surface area contributed by atoms with Gasteiger partial charge in [0.2, 0.25) is 5.91 Å². The van der Waals surface area contributed by atoms with E-state index in [-0.39, 0.29) is 12.5 Å². The highest BCUT2D eigenvalue weighted by Gasteiger charge is 2.45. The van der Waals surface area contributed by atoms with E-state index in [1.54, 1.807) is 0 Å². The fourth-order valence-corrected chi connectivity index (χ4v) is 3.80. The summed E-state index contributed by atoms with van der Waals surface area (Å²) in [4.78, 5) is 43.6. The van der Waals surface area contributed by atoms with Crippen molar-refractivity contribution >= 4 is 29.1 Å². The lowest BCUT2D eigenvalue weighted by atomic mass is 10.0. The summed E-state index contributed by atoms with van der Waals surface area (Å²) in [6.07, 6.45) is -0.413. The molecule has 1 aromatic heterocycles. The van der Waals surface area contributed by atoms with E-state index >= 15 is 0 Å². The number of ether oxygens (including phenoxy) is 1. The Morgan fingerprint density at radius 2 is 2.00 bits per heavy atom. The van der Waals surface area contributed by atoms with Crippen LogP contribution in [0.4, 0.5) is 0 Å². The second-order valence-corrected chi connectivity index (χ2v) is 6.89. The predicted molar refractivity (Wildman–Crippen MR) is 98.3 cm³/mol. The first kappa shape index (κ1) is 19.1. The number of hydroxylamine groups is 2. The van der Waals surface area contributed by atoms with Crippen molar-refractivity contribution in [3.8, 4) is 0 Å². The Morgan fingerprint density at radius 1 is 1.26 bits per heavy atom. The number of amides is 2. The van der Waals surface area contributed by atoms with Gasteiger partial charge in [0.1, 0.15) is 12.6 Å². The number of hydrogen-bond donors (Lipinski definition) is 0. The average Bonchev–Trinajstić information content (AvgIpc) is 3.16. The van der Waals surface area contributed by atoms with Gasteiger partial charge in [0.05, 0.1) is 0 Å². The molecule has 2 atom stereocenters. The molecule has 0 bridgehead atoms. The molecule has 2 heterocycles.